The second-order valence-electron chi connectivity index (χ2n) is 4.47. The van der Waals surface area contributed by atoms with Crippen LogP contribution < -0.4 is 0 Å². The molecule has 21 heavy (non-hydrogen) atoms. The summed E-state index contributed by atoms with van der Waals surface area (Å²) in [7, 11) is -2.23. The summed E-state index contributed by atoms with van der Waals surface area (Å²) in [5, 5.41) is 9.05. The number of sulfonamides is 1. The van der Waals surface area contributed by atoms with Gasteiger partial charge in [0.05, 0.1) is 17.1 Å². The predicted molar refractivity (Wildman–Crippen MR) is 79.1 cm³/mol. The minimum Gasteiger partial charge on any atom is -0.478 e. The van der Waals surface area contributed by atoms with E-state index in [1.807, 2.05) is 6.92 Å². The Morgan fingerprint density at radius 3 is 2.48 bits per heavy atom. The molecule has 1 N–H and O–H groups in total. The average Bonchev–Trinajstić information content (AvgIpc) is 2.47. The molecule has 0 aliphatic heterocycles. The number of carbonyl (C=O) groups is 1. The van der Waals surface area contributed by atoms with E-state index in [1.54, 1.807) is 13.0 Å². The Hall–Kier alpha value is -1.44. The van der Waals surface area contributed by atoms with E-state index in [2.05, 4.69) is 0 Å². The molecule has 1 rings (SSSR count). The van der Waals surface area contributed by atoms with Crippen molar-refractivity contribution in [1.29, 1.82) is 0 Å². The SMILES string of the molecule is CCc1ccc(C(=O)O)cc1S(=O)(=O)N(CC)CCOC. The van der Waals surface area contributed by atoms with E-state index in [0.717, 1.165) is 0 Å². The summed E-state index contributed by atoms with van der Waals surface area (Å²) >= 11 is 0. The van der Waals surface area contributed by atoms with E-state index in [1.165, 1.54) is 23.5 Å². The number of likely N-dealkylation sites (N-methyl/N-ethyl adjacent to an activating group) is 1. The molecule has 0 heterocycles. The summed E-state index contributed by atoms with van der Waals surface area (Å²) in [4.78, 5) is 11.1. The molecular formula is C14H21NO5S. The van der Waals surface area contributed by atoms with E-state index >= 15 is 0 Å². The van der Waals surface area contributed by atoms with E-state index in [0.29, 0.717) is 18.5 Å². The third-order valence-electron chi connectivity index (χ3n) is 3.21. The fraction of sp³-hybridized carbons (Fsp3) is 0.500. The first-order valence-corrected chi connectivity index (χ1v) is 8.17. The summed E-state index contributed by atoms with van der Waals surface area (Å²) in [5.74, 6) is -1.14. The topological polar surface area (TPSA) is 83.9 Å². The number of carboxylic acids is 1. The number of carboxylic acid groups (broad SMARTS) is 1. The van der Waals surface area contributed by atoms with Crippen LogP contribution in [-0.2, 0) is 21.2 Å². The van der Waals surface area contributed by atoms with Gasteiger partial charge in [-0.15, -0.1) is 0 Å². The molecule has 1 aromatic carbocycles. The van der Waals surface area contributed by atoms with Gasteiger partial charge in [0.25, 0.3) is 0 Å². The molecule has 0 radical (unpaired) electrons. The Labute approximate surface area is 125 Å². The number of nitrogens with zero attached hydrogens (tertiary/aromatic N) is 1. The fourth-order valence-electron chi connectivity index (χ4n) is 2.00. The fourth-order valence-corrected chi connectivity index (χ4v) is 3.75. The first-order valence-electron chi connectivity index (χ1n) is 6.73. The zero-order valence-electron chi connectivity index (χ0n) is 12.5. The number of aromatic carboxylic acids is 1. The lowest BCUT2D eigenvalue weighted by Crippen LogP contribution is -2.34. The zero-order chi connectivity index (χ0) is 16.0. The van der Waals surface area contributed by atoms with Crippen LogP contribution in [0, 0.1) is 0 Å². The van der Waals surface area contributed by atoms with Crippen LogP contribution in [0.2, 0.25) is 0 Å². The highest BCUT2D eigenvalue weighted by atomic mass is 32.2. The Morgan fingerprint density at radius 1 is 1.33 bits per heavy atom. The van der Waals surface area contributed by atoms with Gasteiger partial charge in [0.1, 0.15) is 0 Å². The second kappa shape index (κ2) is 7.53. The van der Waals surface area contributed by atoms with Crippen LogP contribution in [-0.4, -0.2) is 50.6 Å². The van der Waals surface area contributed by atoms with Crippen LogP contribution in [0.3, 0.4) is 0 Å². The lowest BCUT2D eigenvalue weighted by atomic mass is 10.1. The largest absolute Gasteiger partial charge is 0.478 e. The predicted octanol–water partition coefficient (Wildman–Crippen LogP) is 1.60. The minimum absolute atomic E-state index is 0.0337. The maximum absolute atomic E-state index is 12.7. The Morgan fingerprint density at radius 2 is 2.00 bits per heavy atom. The molecule has 0 fully saturated rings. The molecule has 0 aliphatic carbocycles. The molecule has 0 unspecified atom stereocenters. The molecule has 0 amide bonds. The van der Waals surface area contributed by atoms with Gasteiger partial charge in [-0.2, -0.15) is 4.31 Å². The Kier molecular flexibility index (Phi) is 6.32. The molecule has 1 aromatic rings. The smallest absolute Gasteiger partial charge is 0.335 e. The highest BCUT2D eigenvalue weighted by molar-refractivity contribution is 7.89. The number of hydrogen-bond acceptors (Lipinski definition) is 4. The van der Waals surface area contributed by atoms with Gasteiger partial charge in [0, 0.05) is 20.2 Å². The van der Waals surface area contributed by atoms with Crippen LogP contribution in [0.25, 0.3) is 0 Å². The summed E-state index contributed by atoms with van der Waals surface area (Å²) in [6.45, 7) is 4.38. The number of rotatable bonds is 8. The summed E-state index contributed by atoms with van der Waals surface area (Å²) in [6, 6.07) is 4.21. The van der Waals surface area contributed by atoms with Crippen molar-refractivity contribution < 1.29 is 23.1 Å². The summed E-state index contributed by atoms with van der Waals surface area (Å²) in [6.07, 6.45) is 0.510. The standard InChI is InChI=1S/C14H21NO5S/c1-4-11-6-7-12(14(16)17)10-13(11)21(18,19)15(5-2)8-9-20-3/h6-7,10H,4-5,8-9H2,1-3H3,(H,16,17). The van der Waals surface area contributed by atoms with Crippen molar-refractivity contribution in [2.24, 2.45) is 0 Å². The van der Waals surface area contributed by atoms with Crippen molar-refractivity contribution in [3.8, 4) is 0 Å². The quantitative estimate of drug-likeness (QED) is 0.788. The first-order chi connectivity index (χ1) is 9.88. The van der Waals surface area contributed by atoms with Gasteiger partial charge in [0.2, 0.25) is 10.0 Å². The number of benzene rings is 1. The van der Waals surface area contributed by atoms with Crippen LogP contribution >= 0.6 is 0 Å². The summed E-state index contributed by atoms with van der Waals surface area (Å²) < 4.78 is 31.6. The molecule has 0 saturated heterocycles. The molecule has 0 bridgehead atoms. The van der Waals surface area contributed by atoms with Crippen LogP contribution in [0.15, 0.2) is 23.1 Å². The normalized spacial score (nSPS) is 11.8. The third kappa shape index (κ3) is 4.03. The van der Waals surface area contributed by atoms with Crippen LogP contribution in [0.5, 0.6) is 0 Å². The van der Waals surface area contributed by atoms with Crippen molar-refractivity contribution in [2.75, 3.05) is 26.8 Å². The lowest BCUT2D eigenvalue weighted by Gasteiger charge is -2.22. The number of ether oxygens (including phenoxy) is 1. The van der Waals surface area contributed by atoms with Gasteiger partial charge in [0.15, 0.2) is 0 Å². The van der Waals surface area contributed by atoms with Crippen molar-refractivity contribution in [2.45, 2.75) is 25.2 Å². The Balaban J connectivity index is 3.33. The van der Waals surface area contributed by atoms with Gasteiger partial charge < -0.3 is 9.84 Å². The molecule has 0 aromatic heterocycles. The van der Waals surface area contributed by atoms with Gasteiger partial charge in [-0.3, -0.25) is 0 Å². The van der Waals surface area contributed by atoms with Gasteiger partial charge in [-0.1, -0.05) is 19.9 Å². The van der Waals surface area contributed by atoms with Crippen molar-refractivity contribution in [1.82, 2.24) is 4.31 Å². The number of methoxy groups -OCH3 is 1. The van der Waals surface area contributed by atoms with Gasteiger partial charge in [-0.05, 0) is 24.1 Å². The van der Waals surface area contributed by atoms with Crippen LogP contribution in [0.1, 0.15) is 29.8 Å². The van der Waals surface area contributed by atoms with E-state index in [9.17, 15) is 13.2 Å². The van der Waals surface area contributed by atoms with Crippen molar-refractivity contribution >= 4 is 16.0 Å². The van der Waals surface area contributed by atoms with E-state index in [-0.39, 0.29) is 23.6 Å². The molecular weight excluding hydrogens is 294 g/mol. The van der Waals surface area contributed by atoms with Gasteiger partial charge in [-0.25, -0.2) is 13.2 Å². The second-order valence-corrected chi connectivity index (χ2v) is 6.38. The molecule has 0 atom stereocenters. The molecule has 7 heteroatoms. The van der Waals surface area contributed by atoms with E-state index < -0.39 is 16.0 Å². The zero-order valence-corrected chi connectivity index (χ0v) is 13.3. The highest BCUT2D eigenvalue weighted by Crippen LogP contribution is 2.22. The monoisotopic (exact) mass is 315 g/mol. The Bertz CT molecular complexity index is 597. The van der Waals surface area contributed by atoms with Gasteiger partial charge >= 0.3 is 5.97 Å². The average molecular weight is 315 g/mol. The maximum Gasteiger partial charge on any atom is 0.335 e. The molecule has 0 aliphatic rings. The van der Waals surface area contributed by atoms with Crippen molar-refractivity contribution in [3.63, 3.8) is 0 Å². The number of hydrogen-bond donors (Lipinski definition) is 1. The van der Waals surface area contributed by atoms with Crippen molar-refractivity contribution in [3.05, 3.63) is 29.3 Å². The maximum atomic E-state index is 12.7. The minimum atomic E-state index is -3.73. The van der Waals surface area contributed by atoms with E-state index in [4.69, 9.17) is 9.84 Å². The molecule has 0 saturated carbocycles. The molecule has 118 valence electrons. The third-order valence-corrected chi connectivity index (χ3v) is 5.27. The lowest BCUT2D eigenvalue weighted by molar-refractivity contribution is 0.0696. The number of aryl methyl sites for hydroxylation is 1. The highest BCUT2D eigenvalue weighted by Gasteiger charge is 2.26. The summed E-state index contributed by atoms with van der Waals surface area (Å²) in [5.41, 5.74) is 0.574. The molecule has 6 nitrogen and oxygen atoms in total. The van der Waals surface area contributed by atoms with Crippen LogP contribution in [0.4, 0.5) is 0 Å². The first kappa shape index (κ1) is 17.6. The molecule has 0 spiro atoms.